The van der Waals surface area contributed by atoms with Crippen LogP contribution < -0.4 is 21.3 Å². The van der Waals surface area contributed by atoms with Crippen molar-refractivity contribution in [1.29, 1.82) is 0 Å². The molecule has 220 valence electrons. The molecule has 0 radical (unpaired) electrons. The Morgan fingerprint density at radius 1 is 1.10 bits per heavy atom. The summed E-state index contributed by atoms with van der Waals surface area (Å²) in [6.45, 7) is 4.15. The highest BCUT2D eigenvalue weighted by molar-refractivity contribution is 5.82. The van der Waals surface area contributed by atoms with Gasteiger partial charge in [0.25, 0.3) is 0 Å². The molecule has 1 aromatic rings. The minimum absolute atomic E-state index is 0.0155. The van der Waals surface area contributed by atoms with Crippen LogP contribution >= 0.6 is 0 Å². The van der Waals surface area contributed by atoms with Gasteiger partial charge in [0.05, 0.1) is 30.9 Å². The molecule has 1 spiro atoms. The first-order chi connectivity index (χ1) is 20.0. The summed E-state index contributed by atoms with van der Waals surface area (Å²) in [5, 5.41) is 18.9. The summed E-state index contributed by atoms with van der Waals surface area (Å²) in [4.78, 5) is 31.0. The maximum Gasteiger partial charge on any atom is 0.249 e. The Labute approximate surface area is 241 Å². The van der Waals surface area contributed by atoms with Crippen LogP contribution in [-0.4, -0.2) is 102 Å². The number of piperidine rings is 1. The second-order valence-electron chi connectivity index (χ2n) is 13.1. The molecule has 6 atom stereocenters. The molecule has 5 fully saturated rings. The number of nitrogens with zero attached hydrogens (tertiary/aromatic N) is 4. The first kappa shape index (κ1) is 26.1. The van der Waals surface area contributed by atoms with E-state index in [4.69, 9.17) is 4.74 Å². The number of fused-ring (bicyclic) bond motifs is 7. The summed E-state index contributed by atoms with van der Waals surface area (Å²) >= 11 is 0. The second-order valence-corrected chi connectivity index (χ2v) is 13.1. The Kier molecular flexibility index (Phi) is 6.39. The lowest BCUT2D eigenvalue weighted by molar-refractivity contribution is -0.176. The number of nitrogens with one attached hydrogen (secondary N) is 4. The van der Waals surface area contributed by atoms with E-state index in [1.54, 1.807) is 0 Å². The van der Waals surface area contributed by atoms with Gasteiger partial charge in [-0.15, -0.1) is 0 Å². The van der Waals surface area contributed by atoms with Crippen LogP contribution in [-0.2, 0) is 26.3 Å². The maximum atomic E-state index is 13.8. The van der Waals surface area contributed by atoms with Gasteiger partial charge in [0.2, 0.25) is 11.8 Å². The highest BCUT2D eigenvalue weighted by atomic mass is 16.5. The third-order valence-corrected chi connectivity index (χ3v) is 10.3. The molecule has 2 bridgehead atoms. The fourth-order valence-corrected chi connectivity index (χ4v) is 8.20. The van der Waals surface area contributed by atoms with Gasteiger partial charge < -0.3 is 19.9 Å². The zero-order chi connectivity index (χ0) is 27.7. The molecule has 4 N–H and O–H groups in total. The third-order valence-electron chi connectivity index (χ3n) is 10.3. The lowest BCUT2D eigenvalue weighted by Crippen LogP contribution is -2.72. The molecular weight excluding hydrogens is 520 g/mol. The summed E-state index contributed by atoms with van der Waals surface area (Å²) in [6, 6.07) is 6.85. The molecule has 4 saturated heterocycles. The zero-order valence-electron chi connectivity index (χ0n) is 23.8. The molecule has 1 saturated carbocycles. The molecule has 1 aliphatic carbocycles. The number of carbonyl (C=O) groups is 2. The van der Waals surface area contributed by atoms with E-state index in [-0.39, 0.29) is 55.2 Å². The predicted octanol–water partition coefficient (Wildman–Crippen LogP) is 0.666. The molecule has 2 amide bonds. The van der Waals surface area contributed by atoms with E-state index >= 15 is 0 Å². The Balaban J connectivity index is 1.04. The van der Waals surface area contributed by atoms with Crippen molar-refractivity contribution in [3.05, 3.63) is 41.5 Å². The Morgan fingerprint density at radius 2 is 2.00 bits per heavy atom. The number of allylic oxidation sites excluding steroid dienone is 1. The number of likely N-dealkylation sites (N-methyl/N-ethyl adjacent to an activating group) is 1. The number of amides is 2. The van der Waals surface area contributed by atoms with Gasteiger partial charge in [-0.2, -0.15) is 5.01 Å². The van der Waals surface area contributed by atoms with Crippen molar-refractivity contribution in [1.82, 2.24) is 35.8 Å². The maximum absolute atomic E-state index is 13.8. The molecule has 11 heteroatoms. The SMILES string of the molecule is CN1Cc2cc(NC3NCC4C(=O)N5C/C=C\CCCN6C(=O)COC7CCC(NC76)N5C4N3)ccc2C2(CC2)C1. The van der Waals surface area contributed by atoms with Crippen LogP contribution in [0.5, 0.6) is 0 Å². The molecule has 0 aromatic heterocycles. The second kappa shape index (κ2) is 10.0. The van der Waals surface area contributed by atoms with Crippen LogP contribution in [0.25, 0.3) is 0 Å². The highest BCUT2D eigenvalue weighted by Crippen LogP contribution is 2.52. The quantitative estimate of drug-likeness (QED) is 0.387. The van der Waals surface area contributed by atoms with E-state index in [0.717, 1.165) is 44.5 Å². The summed E-state index contributed by atoms with van der Waals surface area (Å²) in [7, 11) is 2.22. The van der Waals surface area contributed by atoms with Crippen molar-refractivity contribution in [3.8, 4) is 0 Å². The van der Waals surface area contributed by atoms with Gasteiger partial charge in [-0.3, -0.25) is 30.5 Å². The lowest BCUT2D eigenvalue weighted by atomic mass is 9.87. The normalized spacial score (nSPS) is 37.5. The Hall–Kier alpha value is -2.54. The van der Waals surface area contributed by atoms with Crippen LogP contribution in [0, 0.1) is 5.92 Å². The van der Waals surface area contributed by atoms with Crippen LogP contribution in [0.1, 0.15) is 49.7 Å². The van der Waals surface area contributed by atoms with Gasteiger partial charge in [0.15, 0.2) is 0 Å². The Bertz CT molecular complexity index is 1250. The average Bonchev–Trinajstić information content (AvgIpc) is 3.66. The number of hydrogen-bond acceptors (Lipinski definition) is 9. The van der Waals surface area contributed by atoms with Gasteiger partial charge in [0.1, 0.15) is 19.1 Å². The molecule has 8 rings (SSSR count). The molecule has 6 aliphatic heterocycles. The number of anilines is 1. The van der Waals surface area contributed by atoms with Crippen molar-refractivity contribution in [3.63, 3.8) is 0 Å². The number of hydrogen-bond donors (Lipinski definition) is 4. The van der Waals surface area contributed by atoms with E-state index in [1.165, 1.54) is 24.0 Å². The van der Waals surface area contributed by atoms with E-state index in [9.17, 15) is 9.59 Å². The van der Waals surface area contributed by atoms with Gasteiger partial charge in [-0.05, 0) is 68.8 Å². The van der Waals surface area contributed by atoms with Gasteiger partial charge >= 0.3 is 0 Å². The number of benzene rings is 1. The van der Waals surface area contributed by atoms with Crippen molar-refractivity contribution < 1.29 is 14.3 Å². The van der Waals surface area contributed by atoms with E-state index in [1.807, 2.05) is 9.91 Å². The fraction of sp³-hybridized carbons (Fsp3) is 0.667. The topological polar surface area (TPSA) is 104 Å². The van der Waals surface area contributed by atoms with Crippen LogP contribution in [0.15, 0.2) is 30.4 Å². The Morgan fingerprint density at radius 3 is 2.88 bits per heavy atom. The van der Waals surface area contributed by atoms with Gasteiger partial charge in [0, 0.05) is 37.3 Å². The molecule has 41 heavy (non-hydrogen) atoms. The number of rotatable bonds is 2. The minimum atomic E-state index is -0.196. The molecule has 6 unspecified atom stereocenters. The first-order valence-electron chi connectivity index (χ1n) is 15.5. The third kappa shape index (κ3) is 4.49. The van der Waals surface area contributed by atoms with Crippen LogP contribution in [0.2, 0.25) is 0 Å². The van der Waals surface area contributed by atoms with E-state index in [2.05, 4.69) is 68.6 Å². The van der Waals surface area contributed by atoms with E-state index < -0.39 is 0 Å². The molecule has 7 aliphatic rings. The summed E-state index contributed by atoms with van der Waals surface area (Å²) in [5.41, 5.74) is 4.40. The molecule has 1 aromatic carbocycles. The fourth-order valence-electron chi connectivity index (χ4n) is 8.20. The van der Waals surface area contributed by atoms with E-state index in [0.29, 0.717) is 25.0 Å². The molecule has 11 nitrogen and oxygen atoms in total. The number of ether oxygens (including phenoxy) is 1. The standard InChI is InChI=1S/C30H42N8O3/c1-35-16-19-14-20(6-7-22(19)30(18-35)10-11-30)32-29-31-15-21-26(34-29)38-24-9-8-23-27(33-24)36(25(39)17-41-23)12-4-2-3-5-13-37(38)28(21)40/h3,5-7,14,21,23-24,26-27,29,31-34H,2,4,8-13,15-18H2,1H3/b5-3-. The summed E-state index contributed by atoms with van der Waals surface area (Å²) in [5.74, 6) is -0.0161. The number of carbonyl (C=O) groups excluding carboxylic acids is 2. The average molecular weight is 563 g/mol. The van der Waals surface area contributed by atoms with Gasteiger partial charge in [-0.25, -0.2) is 0 Å². The number of morpholine rings is 1. The van der Waals surface area contributed by atoms with Crippen molar-refractivity contribution in [2.75, 3.05) is 45.2 Å². The van der Waals surface area contributed by atoms with Crippen molar-refractivity contribution in [2.45, 2.75) is 81.4 Å². The van der Waals surface area contributed by atoms with Crippen molar-refractivity contribution >= 4 is 17.5 Å². The first-order valence-corrected chi connectivity index (χ1v) is 15.5. The smallest absolute Gasteiger partial charge is 0.249 e. The van der Waals surface area contributed by atoms with Gasteiger partial charge in [-0.1, -0.05) is 18.2 Å². The zero-order valence-corrected chi connectivity index (χ0v) is 23.8. The lowest BCUT2D eigenvalue weighted by Gasteiger charge is -2.50. The summed E-state index contributed by atoms with van der Waals surface area (Å²) in [6.07, 6.45) is 9.68. The van der Waals surface area contributed by atoms with Crippen molar-refractivity contribution in [2.24, 2.45) is 5.92 Å². The predicted molar refractivity (Wildman–Crippen MR) is 153 cm³/mol. The minimum Gasteiger partial charge on any atom is -0.365 e. The van der Waals surface area contributed by atoms with Crippen LogP contribution in [0.4, 0.5) is 5.69 Å². The number of hydrazine groups is 1. The highest BCUT2D eigenvalue weighted by Gasteiger charge is 2.54. The molecular formula is C30H42N8O3. The monoisotopic (exact) mass is 562 g/mol. The molecule has 6 heterocycles. The van der Waals surface area contributed by atoms with Crippen LogP contribution in [0.3, 0.4) is 0 Å². The summed E-state index contributed by atoms with van der Waals surface area (Å²) < 4.78 is 5.95. The largest absolute Gasteiger partial charge is 0.365 e.